The largest absolute Gasteiger partial charge is 0.354 e. The lowest BCUT2D eigenvalue weighted by atomic mass is 9.94. The van der Waals surface area contributed by atoms with E-state index >= 15 is 0 Å². The number of fused-ring (bicyclic) bond motifs is 2. The molecule has 2 atom stereocenters. The Labute approximate surface area is 85.8 Å². The topological polar surface area (TPSA) is 32.3 Å². The Bertz CT molecular complexity index is 217. The van der Waals surface area contributed by atoms with E-state index in [9.17, 15) is 4.79 Å². The third-order valence-corrected chi connectivity index (χ3v) is 3.45. The molecule has 0 aromatic heterocycles. The Balaban J connectivity index is 2.09. The molecule has 2 heterocycles. The van der Waals surface area contributed by atoms with Crippen molar-refractivity contribution in [3.63, 3.8) is 0 Å². The Morgan fingerprint density at radius 1 is 1.43 bits per heavy atom. The minimum atomic E-state index is 0.250. The van der Waals surface area contributed by atoms with Crippen molar-refractivity contribution in [2.45, 2.75) is 51.1 Å². The molecule has 0 aromatic carbocycles. The van der Waals surface area contributed by atoms with Crippen LogP contribution < -0.4 is 5.32 Å². The number of rotatable bonds is 2. The molecule has 0 unspecified atom stereocenters. The molecule has 3 heteroatoms. The lowest BCUT2D eigenvalue weighted by Crippen LogP contribution is -2.48. The van der Waals surface area contributed by atoms with Crippen LogP contribution >= 0.6 is 0 Å². The lowest BCUT2D eigenvalue weighted by Gasteiger charge is -2.39. The average Bonchev–Trinajstić information content (AvgIpc) is 2.27. The van der Waals surface area contributed by atoms with Gasteiger partial charge in [-0.1, -0.05) is 13.3 Å². The first kappa shape index (κ1) is 9.97. The number of amides is 1. The van der Waals surface area contributed by atoms with Gasteiger partial charge in [-0.3, -0.25) is 9.69 Å². The first-order valence-corrected chi connectivity index (χ1v) is 5.83. The van der Waals surface area contributed by atoms with Gasteiger partial charge in [0.2, 0.25) is 5.91 Å². The Kier molecular flexibility index (Phi) is 3.06. The molecular weight excluding hydrogens is 176 g/mol. The molecule has 2 saturated heterocycles. The maximum atomic E-state index is 11.4. The SMILES string of the molecule is CCCN1[C@@H]2CCC[C@H]1CC(=O)NC2. The van der Waals surface area contributed by atoms with E-state index in [4.69, 9.17) is 0 Å². The predicted octanol–water partition coefficient (Wildman–Crippen LogP) is 1.14. The van der Waals surface area contributed by atoms with Gasteiger partial charge in [-0.25, -0.2) is 0 Å². The molecule has 2 bridgehead atoms. The van der Waals surface area contributed by atoms with Gasteiger partial charge in [-0.2, -0.15) is 0 Å². The highest BCUT2D eigenvalue weighted by molar-refractivity contribution is 5.77. The Hall–Kier alpha value is -0.570. The molecule has 2 rings (SSSR count). The summed E-state index contributed by atoms with van der Waals surface area (Å²) in [6, 6.07) is 1.14. The zero-order valence-electron chi connectivity index (χ0n) is 8.96. The average molecular weight is 196 g/mol. The number of hydrogen-bond acceptors (Lipinski definition) is 2. The van der Waals surface area contributed by atoms with Crippen LogP contribution in [0.1, 0.15) is 39.0 Å². The summed E-state index contributed by atoms with van der Waals surface area (Å²) in [5, 5.41) is 3.02. The molecule has 2 aliphatic heterocycles. The van der Waals surface area contributed by atoms with Gasteiger partial charge in [0.05, 0.1) is 0 Å². The van der Waals surface area contributed by atoms with E-state index < -0.39 is 0 Å². The molecule has 80 valence electrons. The minimum Gasteiger partial charge on any atom is -0.354 e. The highest BCUT2D eigenvalue weighted by Crippen LogP contribution is 2.26. The van der Waals surface area contributed by atoms with Gasteiger partial charge in [-0.15, -0.1) is 0 Å². The molecule has 0 spiro atoms. The quantitative estimate of drug-likeness (QED) is 0.718. The highest BCUT2D eigenvalue weighted by Gasteiger charge is 2.33. The molecule has 14 heavy (non-hydrogen) atoms. The summed E-state index contributed by atoms with van der Waals surface area (Å²) in [6.07, 6.45) is 5.68. The molecule has 1 N–H and O–H groups in total. The maximum Gasteiger partial charge on any atom is 0.221 e. The fourth-order valence-corrected chi connectivity index (χ4v) is 2.80. The van der Waals surface area contributed by atoms with Gasteiger partial charge < -0.3 is 5.32 Å². The zero-order chi connectivity index (χ0) is 9.97. The fraction of sp³-hybridized carbons (Fsp3) is 0.909. The monoisotopic (exact) mass is 196 g/mol. The highest BCUT2D eigenvalue weighted by atomic mass is 16.1. The second-order valence-electron chi connectivity index (χ2n) is 4.48. The van der Waals surface area contributed by atoms with E-state index in [1.807, 2.05) is 0 Å². The summed E-state index contributed by atoms with van der Waals surface area (Å²) in [5.74, 6) is 0.250. The van der Waals surface area contributed by atoms with E-state index in [0.717, 1.165) is 19.5 Å². The van der Waals surface area contributed by atoms with E-state index in [0.29, 0.717) is 12.1 Å². The number of nitrogens with one attached hydrogen (secondary N) is 1. The van der Waals surface area contributed by atoms with Crippen molar-refractivity contribution < 1.29 is 4.79 Å². The Morgan fingerprint density at radius 3 is 3.00 bits per heavy atom. The summed E-state index contributed by atoms with van der Waals surface area (Å²) >= 11 is 0. The van der Waals surface area contributed by atoms with Crippen LogP contribution in [0.15, 0.2) is 0 Å². The second kappa shape index (κ2) is 4.30. The first-order valence-electron chi connectivity index (χ1n) is 5.83. The molecule has 0 saturated carbocycles. The van der Waals surface area contributed by atoms with E-state index in [2.05, 4.69) is 17.1 Å². The second-order valence-corrected chi connectivity index (χ2v) is 4.48. The third kappa shape index (κ3) is 1.92. The van der Waals surface area contributed by atoms with Gasteiger partial charge in [0.15, 0.2) is 0 Å². The summed E-state index contributed by atoms with van der Waals surface area (Å²) in [7, 11) is 0. The summed E-state index contributed by atoms with van der Waals surface area (Å²) in [5.41, 5.74) is 0. The van der Waals surface area contributed by atoms with Crippen LogP contribution in [-0.4, -0.2) is 36.0 Å². The normalized spacial score (nSPS) is 33.6. The van der Waals surface area contributed by atoms with Crippen LogP contribution in [0.25, 0.3) is 0 Å². The van der Waals surface area contributed by atoms with Crippen molar-refractivity contribution in [1.29, 1.82) is 0 Å². The van der Waals surface area contributed by atoms with Gasteiger partial charge in [0, 0.05) is 25.0 Å². The molecule has 3 nitrogen and oxygen atoms in total. The molecular formula is C11H20N2O. The van der Waals surface area contributed by atoms with Crippen molar-refractivity contribution >= 4 is 5.91 Å². The van der Waals surface area contributed by atoms with E-state index in [1.54, 1.807) is 0 Å². The van der Waals surface area contributed by atoms with Crippen molar-refractivity contribution in [2.75, 3.05) is 13.1 Å². The van der Waals surface area contributed by atoms with Crippen LogP contribution in [0.2, 0.25) is 0 Å². The first-order chi connectivity index (χ1) is 6.81. The van der Waals surface area contributed by atoms with Crippen LogP contribution in [0, 0.1) is 0 Å². The number of piperidine rings is 1. The molecule has 0 aromatic rings. The van der Waals surface area contributed by atoms with Crippen molar-refractivity contribution in [1.82, 2.24) is 10.2 Å². The van der Waals surface area contributed by atoms with Gasteiger partial charge in [-0.05, 0) is 25.8 Å². The molecule has 2 aliphatic rings. The van der Waals surface area contributed by atoms with E-state index in [-0.39, 0.29) is 5.91 Å². The summed E-state index contributed by atoms with van der Waals surface area (Å²) in [6.45, 7) is 4.25. The maximum absolute atomic E-state index is 11.4. The third-order valence-electron chi connectivity index (χ3n) is 3.45. The predicted molar refractivity (Wildman–Crippen MR) is 56.1 cm³/mol. The molecule has 1 amide bonds. The van der Waals surface area contributed by atoms with E-state index in [1.165, 1.54) is 25.7 Å². The van der Waals surface area contributed by atoms with Gasteiger partial charge in [0.1, 0.15) is 0 Å². The molecule has 0 aliphatic carbocycles. The van der Waals surface area contributed by atoms with Crippen LogP contribution in [0.4, 0.5) is 0 Å². The molecule has 0 radical (unpaired) electrons. The van der Waals surface area contributed by atoms with Crippen molar-refractivity contribution in [3.8, 4) is 0 Å². The number of carbonyl (C=O) groups excluding carboxylic acids is 1. The van der Waals surface area contributed by atoms with Crippen molar-refractivity contribution in [3.05, 3.63) is 0 Å². The van der Waals surface area contributed by atoms with Crippen molar-refractivity contribution in [2.24, 2.45) is 0 Å². The lowest BCUT2D eigenvalue weighted by molar-refractivity contribution is -0.121. The number of hydrogen-bond donors (Lipinski definition) is 1. The number of carbonyl (C=O) groups is 1. The molecule has 2 fully saturated rings. The minimum absolute atomic E-state index is 0.250. The fourth-order valence-electron chi connectivity index (χ4n) is 2.80. The van der Waals surface area contributed by atoms with Crippen LogP contribution in [0.5, 0.6) is 0 Å². The van der Waals surface area contributed by atoms with Crippen LogP contribution in [0.3, 0.4) is 0 Å². The van der Waals surface area contributed by atoms with Gasteiger partial charge >= 0.3 is 0 Å². The summed E-state index contributed by atoms with van der Waals surface area (Å²) < 4.78 is 0. The standard InChI is InChI=1S/C11H20N2O/c1-2-6-13-9-4-3-5-10(13)8-12-11(14)7-9/h9-10H,2-8H2,1H3,(H,12,14)/t9-,10+/m0/s1. The summed E-state index contributed by atoms with van der Waals surface area (Å²) in [4.78, 5) is 14.0. The van der Waals surface area contributed by atoms with Crippen LogP contribution in [-0.2, 0) is 4.79 Å². The number of nitrogens with zero attached hydrogens (tertiary/aromatic N) is 1. The zero-order valence-corrected chi connectivity index (χ0v) is 8.96. The van der Waals surface area contributed by atoms with Gasteiger partial charge in [0.25, 0.3) is 0 Å². The smallest absolute Gasteiger partial charge is 0.221 e. The Morgan fingerprint density at radius 2 is 2.21 bits per heavy atom.